The minimum absolute atomic E-state index is 0.0873. The average molecular weight is 339 g/mol. The molecule has 1 N–H and O–H groups in total. The largest absolute Gasteiger partial charge is 0.496 e. The van der Waals surface area contributed by atoms with E-state index < -0.39 is 0 Å². The summed E-state index contributed by atoms with van der Waals surface area (Å²) in [6, 6.07) is 8.35. The first-order valence-corrected chi connectivity index (χ1v) is 8.15. The fraction of sp³-hybridized carbons (Fsp3) is 0.263. The Labute approximate surface area is 144 Å². The van der Waals surface area contributed by atoms with Crippen LogP contribution in [0.4, 0.5) is 4.39 Å². The lowest BCUT2D eigenvalue weighted by Crippen LogP contribution is -2.21. The van der Waals surface area contributed by atoms with Crippen molar-refractivity contribution in [1.29, 1.82) is 0 Å². The van der Waals surface area contributed by atoms with Gasteiger partial charge in [-0.2, -0.15) is 0 Å². The molecule has 0 saturated heterocycles. The third-order valence-corrected chi connectivity index (χ3v) is 4.70. The van der Waals surface area contributed by atoms with Crippen LogP contribution < -0.4 is 10.1 Å². The van der Waals surface area contributed by atoms with Crippen LogP contribution in [0, 0.1) is 12.7 Å². The normalized spacial score (nSPS) is 17.1. The van der Waals surface area contributed by atoms with Crippen molar-refractivity contribution in [3.63, 3.8) is 0 Å². The molecule has 5 nitrogen and oxygen atoms in total. The van der Waals surface area contributed by atoms with E-state index in [9.17, 15) is 9.18 Å². The Hall–Kier alpha value is -2.89. The highest BCUT2D eigenvalue weighted by atomic mass is 19.1. The van der Waals surface area contributed by atoms with E-state index in [1.807, 2.05) is 29.7 Å². The maximum Gasteiger partial charge on any atom is 0.221 e. The van der Waals surface area contributed by atoms with E-state index in [1.165, 1.54) is 12.1 Å². The molecule has 128 valence electrons. The van der Waals surface area contributed by atoms with Crippen LogP contribution in [0.5, 0.6) is 5.75 Å². The first kappa shape index (κ1) is 15.6. The van der Waals surface area contributed by atoms with E-state index in [1.54, 1.807) is 13.2 Å². The molecule has 4 rings (SSSR count). The molecule has 1 aliphatic rings. The molecule has 0 unspecified atom stereocenters. The Morgan fingerprint density at radius 2 is 2.20 bits per heavy atom. The van der Waals surface area contributed by atoms with Crippen molar-refractivity contribution in [1.82, 2.24) is 14.7 Å². The second-order valence-corrected chi connectivity index (χ2v) is 6.25. The van der Waals surface area contributed by atoms with Gasteiger partial charge in [0.1, 0.15) is 17.2 Å². The van der Waals surface area contributed by atoms with Gasteiger partial charge >= 0.3 is 0 Å². The quantitative estimate of drug-likeness (QED) is 0.781. The lowest BCUT2D eigenvalue weighted by Gasteiger charge is -2.19. The first-order chi connectivity index (χ1) is 12.1. The number of nitrogens with zero attached hydrogens (tertiary/aromatic N) is 2. The van der Waals surface area contributed by atoms with Crippen LogP contribution in [-0.2, 0) is 11.3 Å². The number of carbonyl (C=O) groups is 1. The van der Waals surface area contributed by atoms with Crippen LogP contribution in [0.1, 0.15) is 34.9 Å². The number of pyridine rings is 1. The zero-order chi connectivity index (χ0) is 17.6. The molecule has 0 fully saturated rings. The number of nitrogens with one attached hydrogen (secondary N) is 1. The summed E-state index contributed by atoms with van der Waals surface area (Å²) < 4.78 is 21.4. The zero-order valence-corrected chi connectivity index (χ0v) is 14.0. The zero-order valence-electron chi connectivity index (χ0n) is 14.0. The molecule has 0 spiro atoms. The minimum Gasteiger partial charge on any atom is -0.496 e. The van der Waals surface area contributed by atoms with Crippen molar-refractivity contribution in [2.45, 2.75) is 25.8 Å². The summed E-state index contributed by atoms with van der Waals surface area (Å²) in [5.41, 5.74) is 4.26. The van der Waals surface area contributed by atoms with Crippen LogP contribution in [0.3, 0.4) is 0 Å². The van der Waals surface area contributed by atoms with Crippen molar-refractivity contribution in [3.8, 4) is 5.75 Å². The Morgan fingerprint density at radius 1 is 1.36 bits per heavy atom. The molecule has 1 atom stereocenters. The number of halogens is 1. The van der Waals surface area contributed by atoms with Crippen LogP contribution in [0.2, 0.25) is 0 Å². The van der Waals surface area contributed by atoms with Crippen LogP contribution >= 0.6 is 0 Å². The van der Waals surface area contributed by atoms with Gasteiger partial charge in [-0.3, -0.25) is 4.79 Å². The van der Waals surface area contributed by atoms with Crippen molar-refractivity contribution in [2.24, 2.45) is 0 Å². The SMILES string of the molecule is COc1ccc(F)cc1[C@@H]1CC(=O)NCc2nc3c(C)cccn3c21. The van der Waals surface area contributed by atoms with E-state index in [-0.39, 0.29) is 24.1 Å². The van der Waals surface area contributed by atoms with Crippen LogP contribution in [0.25, 0.3) is 5.65 Å². The molecule has 3 aromatic rings. The van der Waals surface area contributed by atoms with Gasteiger partial charge in [-0.15, -0.1) is 0 Å². The molecule has 1 aliphatic heterocycles. The van der Waals surface area contributed by atoms with Gasteiger partial charge in [0.15, 0.2) is 0 Å². The number of ether oxygens (including phenoxy) is 1. The van der Waals surface area contributed by atoms with E-state index in [0.717, 1.165) is 22.6 Å². The molecule has 2 aromatic heterocycles. The number of amides is 1. The van der Waals surface area contributed by atoms with Crippen LogP contribution in [-0.4, -0.2) is 22.4 Å². The van der Waals surface area contributed by atoms with Gasteiger partial charge in [0.25, 0.3) is 0 Å². The monoisotopic (exact) mass is 339 g/mol. The molecule has 0 aliphatic carbocycles. The van der Waals surface area contributed by atoms with Crippen molar-refractivity contribution >= 4 is 11.6 Å². The van der Waals surface area contributed by atoms with E-state index in [4.69, 9.17) is 9.72 Å². The number of imidazole rings is 1. The number of aromatic nitrogens is 2. The van der Waals surface area contributed by atoms with Gasteiger partial charge in [-0.1, -0.05) is 6.07 Å². The number of fused-ring (bicyclic) bond motifs is 3. The van der Waals surface area contributed by atoms with Gasteiger partial charge < -0.3 is 14.5 Å². The molecule has 6 heteroatoms. The summed E-state index contributed by atoms with van der Waals surface area (Å²) in [7, 11) is 1.55. The Kier molecular flexibility index (Phi) is 3.67. The van der Waals surface area contributed by atoms with Gasteiger partial charge in [0, 0.05) is 24.1 Å². The third kappa shape index (κ3) is 2.54. The molecule has 3 heterocycles. The van der Waals surface area contributed by atoms with Gasteiger partial charge in [-0.25, -0.2) is 9.37 Å². The smallest absolute Gasteiger partial charge is 0.221 e. The second-order valence-electron chi connectivity index (χ2n) is 6.25. The van der Waals surface area contributed by atoms with Crippen molar-refractivity contribution < 1.29 is 13.9 Å². The fourth-order valence-corrected chi connectivity index (χ4v) is 3.54. The third-order valence-electron chi connectivity index (χ3n) is 4.70. The molecular weight excluding hydrogens is 321 g/mol. The lowest BCUT2D eigenvalue weighted by atomic mass is 9.90. The Balaban J connectivity index is 2.00. The molecule has 1 amide bonds. The first-order valence-electron chi connectivity index (χ1n) is 8.15. The topological polar surface area (TPSA) is 55.6 Å². The number of rotatable bonds is 2. The average Bonchev–Trinajstić information content (AvgIpc) is 2.89. The fourth-order valence-electron chi connectivity index (χ4n) is 3.54. The van der Waals surface area contributed by atoms with E-state index in [0.29, 0.717) is 17.9 Å². The highest BCUT2D eigenvalue weighted by molar-refractivity contribution is 5.79. The summed E-state index contributed by atoms with van der Waals surface area (Å²) in [5, 5.41) is 2.88. The number of methoxy groups -OCH3 is 1. The van der Waals surface area contributed by atoms with Gasteiger partial charge in [0.05, 0.1) is 25.0 Å². The minimum atomic E-state index is -0.355. The summed E-state index contributed by atoms with van der Waals surface area (Å²) in [6.07, 6.45) is 2.15. The Morgan fingerprint density at radius 3 is 3.00 bits per heavy atom. The Bertz CT molecular complexity index is 980. The highest BCUT2D eigenvalue weighted by Gasteiger charge is 2.31. The van der Waals surface area contributed by atoms with Gasteiger partial charge in [0.2, 0.25) is 5.91 Å². The molecular formula is C19H18FN3O2. The summed E-state index contributed by atoms with van der Waals surface area (Å²) in [6.45, 7) is 2.36. The summed E-state index contributed by atoms with van der Waals surface area (Å²) >= 11 is 0. The maximum atomic E-state index is 13.9. The lowest BCUT2D eigenvalue weighted by molar-refractivity contribution is -0.121. The highest BCUT2D eigenvalue weighted by Crippen LogP contribution is 2.38. The predicted octanol–water partition coefficient (Wildman–Crippen LogP) is 2.94. The second kappa shape index (κ2) is 5.88. The number of aryl methyl sites for hydroxylation is 1. The van der Waals surface area contributed by atoms with E-state index in [2.05, 4.69) is 5.32 Å². The van der Waals surface area contributed by atoms with Crippen molar-refractivity contribution in [2.75, 3.05) is 7.11 Å². The number of carbonyl (C=O) groups excluding carboxylic acids is 1. The number of hydrogen-bond donors (Lipinski definition) is 1. The number of hydrogen-bond acceptors (Lipinski definition) is 3. The predicted molar refractivity (Wildman–Crippen MR) is 91.2 cm³/mol. The maximum absolute atomic E-state index is 13.9. The standard InChI is InChI=1S/C19H18FN3O2/c1-11-4-3-7-23-18-14(13-8-12(20)5-6-16(13)25-2)9-17(24)21-10-15(18)22-19(11)23/h3-8,14H,9-10H2,1-2H3,(H,21,24)/t14-/m0/s1. The van der Waals surface area contributed by atoms with Crippen LogP contribution in [0.15, 0.2) is 36.5 Å². The summed E-state index contributed by atoms with van der Waals surface area (Å²) in [4.78, 5) is 17.0. The number of benzene rings is 1. The molecule has 25 heavy (non-hydrogen) atoms. The molecule has 0 bridgehead atoms. The molecule has 0 saturated carbocycles. The van der Waals surface area contributed by atoms with E-state index >= 15 is 0 Å². The molecule has 0 radical (unpaired) electrons. The van der Waals surface area contributed by atoms with Gasteiger partial charge in [-0.05, 0) is 36.8 Å². The molecule has 1 aromatic carbocycles. The summed E-state index contributed by atoms with van der Waals surface area (Å²) in [5.74, 6) is -0.211. The van der Waals surface area contributed by atoms with Crippen molar-refractivity contribution in [3.05, 3.63) is 64.9 Å².